The molecular formula is C64H104F3NP2SSi3. The molecule has 0 radical (unpaired) electrons. The second-order valence-corrected chi connectivity index (χ2v) is 41.9. The molecule has 0 aliphatic carbocycles. The summed E-state index contributed by atoms with van der Waals surface area (Å²) in [5, 5.41) is 9.39. The van der Waals surface area contributed by atoms with E-state index in [9.17, 15) is 13.2 Å². The molecule has 0 aliphatic rings. The topological polar surface area (TPSA) is 3.24 Å². The minimum Gasteiger partial charge on any atom is -0.242 e. The van der Waals surface area contributed by atoms with Crippen molar-refractivity contribution in [3.63, 3.8) is 0 Å². The number of hydrogen-bond acceptors (Lipinski definition) is 2. The van der Waals surface area contributed by atoms with Crippen LogP contribution >= 0.6 is 27.9 Å². The van der Waals surface area contributed by atoms with Crippen LogP contribution in [0, 0.1) is 0 Å². The van der Waals surface area contributed by atoms with Gasteiger partial charge in [0.2, 0.25) is 0 Å². The van der Waals surface area contributed by atoms with Crippen molar-refractivity contribution in [1.29, 1.82) is 0 Å². The molecule has 0 spiro atoms. The van der Waals surface area contributed by atoms with Gasteiger partial charge in [-0.25, -0.2) is 4.44 Å². The van der Waals surface area contributed by atoms with E-state index < -0.39 is 45.9 Å². The van der Waals surface area contributed by atoms with Crippen molar-refractivity contribution in [3.8, 4) is 0 Å². The molecule has 1 nitrogen and oxygen atoms in total. The fourth-order valence-electron chi connectivity index (χ4n) is 12.1. The molecule has 0 aliphatic heterocycles. The molecule has 4 aromatic carbocycles. The quantitative estimate of drug-likeness (QED) is 0.0250. The molecule has 1 atom stereocenters. The summed E-state index contributed by atoms with van der Waals surface area (Å²) in [6.45, 7) is 25.7. The van der Waals surface area contributed by atoms with Gasteiger partial charge in [0.1, 0.15) is 0 Å². The van der Waals surface area contributed by atoms with Crippen LogP contribution in [0.3, 0.4) is 0 Å². The fourth-order valence-corrected chi connectivity index (χ4v) is 36.0. The smallest absolute Gasteiger partial charge is 0.242 e. The molecule has 0 amide bonds. The Bertz CT molecular complexity index is 1980. The van der Waals surface area contributed by atoms with E-state index in [0.717, 1.165) is 10.6 Å². The molecule has 414 valence electrons. The Morgan fingerprint density at radius 2 is 0.649 bits per heavy atom. The lowest BCUT2D eigenvalue weighted by atomic mass is 10.3. The van der Waals surface area contributed by atoms with Gasteiger partial charge >= 0.3 is 5.51 Å². The number of halogens is 3. The number of rotatable bonds is 38. The number of benzene rings is 4. The molecule has 10 heteroatoms. The number of unbranched alkanes of at least 4 members (excludes halogenated alkanes) is 9. The molecule has 1 unspecified atom stereocenters. The first kappa shape index (κ1) is 65.0. The van der Waals surface area contributed by atoms with E-state index in [2.05, 4.69) is 153 Å². The van der Waals surface area contributed by atoms with Gasteiger partial charge in [0.25, 0.3) is 0 Å². The van der Waals surface area contributed by atoms with Crippen LogP contribution < -0.4 is 36.8 Å². The first-order chi connectivity index (χ1) is 35.7. The molecule has 4 rings (SSSR count). The summed E-state index contributed by atoms with van der Waals surface area (Å²) in [5.41, 5.74) is -4.41. The Balaban J connectivity index is 2.12. The molecule has 74 heavy (non-hydrogen) atoms. The number of hydrogen-bond donors (Lipinski definition) is 0. The second-order valence-electron chi connectivity index (χ2n) is 22.5. The summed E-state index contributed by atoms with van der Waals surface area (Å²) >= 11 is 0.0781. The number of alkyl halides is 3. The molecule has 0 heterocycles. The van der Waals surface area contributed by atoms with Crippen LogP contribution in [0.5, 0.6) is 0 Å². The molecule has 0 saturated carbocycles. The van der Waals surface area contributed by atoms with Gasteiger partial charge < -0.3 is 0 Å². The maximum absolute atomic E-state index is 14.8. The number of nitrogens with zero attached hydrogens (tertiary/aromatic N) is 1. The zero-order valence-electron chi connectivity index (χ0n) is 48.8. The zero-order chi connectivity index (χ0) is 54.0. The van der Waals surface area contributed by atoms with Gasteiger partial charge in [-0.2, -0.15) is 13.2 Å². The molecule has 0 saturated heterocycles. The summed E-state index contributed by atoms with van der Waals surface area (Å²) in [4.78, 5) is 0.330. The van der Waals surface area contributed by atoms with Crippen LogP contribution in [0.2, 0.25) is 54.4 Å². The van der Waals surface area contributed by atoms with Crippen molar-refractivity contribution in [2.45, 2.75) is 263 Å². The van der Waals surface area contributed by atoms with Crippen molar-refractivity contribution in [2.75, 3.05) is 0 Å². The zero-order valence-corrected chi connectivity index (χ0v) is 54.4. The molecule has 4 aromatic rings. The van der Waals surface area contributed by atoms with Crippen molar-refractivity contribution >= 4 is 88.9 Å². The van der Waals surface area contributed by atoms with Gasteiger partial charge in [0.15, 0.2) is 0 Å². The van der Waals surface area contributed by atoms with E-state index in [1.54, 1.807) is 27.7 Å². The standard InChI is InChI=1S/C64H104F3NP2SSi3/c1-12-21-46-72(47-22-13-2,48-23-14-3)59-40-34-56(35-41-59)69(57-36-42-60(43-37-57)73(49-24-15-4,50-25-16-5)51-26-17-6)68(55(10)11)70(62-32-30-31-33-63(62)71-64(65,66)67)58-38-44-61(45-39-58)74(52-27-18-7,53-28-19-8)54-29-20-9/h30-45,55H,12-29,46-54H2,1-11H3. The van der Waals surface area contributed by atoms with Crippen molar-refractivity contribution < 1.29 is 13.2 Å². The van der Waals surface area contributed by atoms with E-state index in [1.165, 1.54) is 181 Å². The lowest BCUT2D eigenvalue weighted by Gasteiger charge is -2.43. The van der Waals surface area contributed by atoms with Gasteiger partial charge in [-0.15, -0.1) is 0 Å². The highest BCUT2D eigenvalue weighted by atomic mass is 32.2. The minimum atomic E-state index is -4.41. The molecule has 0 aromatic heterocycles. The van der Waals surface area contributed by atoms with Crippen LogP contribution in [0.4, 0.5) is 13.2 Å². The number of thioether (sulfide) groups is 1. The largest absolute Gasteiger partial charge is 0.446 e. The molecule has 0 N–H and O–H groups in total. The van der Waals surface area contributed by atoms with Crippen molar-refractivity contribution in [2.24, 2.45) is 0 Å². The predicted molar refractivity (Wildman–Crippen MR) is 341 cm³/mol. The summed E-state index contributed by atoms with van der Waals surface area (Å²) in [6, 6.07) is 49.6. The van der Waals surface area contributed by atoms with E-state index >= 15 is 0 Å². The monoisotopic (exact) mass is 1120 g/mol. The maximum atomic E-state index is 14.8. The first-order valence-electron chi connectivity index (χ1n) is 30.3. The SMILES string of the molecule is CCCC[Si](CCCC)(CCCC)c1ccc(P(c2ccc([Si](CCCC)(CCCC)CCCC)cc2)N(C(C)C)P(c2ccc([Si](CCCC)(CCCC)CCCC)cc2)c2ccccc2SC(F)(F)F)cc1. The fraction of sp³-hybridized carbons (Fsp3) is 0.625. The van der Waals surface area contributed by atoms with Crippen LogP contribution in [0.15, 0.2) is 102 Å². The van der Waals surface area contributed by atoms with Crippen LogP contribution in [0.25, 0.3) is 0 Å². The molecule has 0 bridgehead atoms. The normalized spacial score (nSPS) is 13.2. The van der Waals surface area contributed by atoms with E-state index in [0.29, 0.717) is 4.90 Å². The van der Waals surface area contributed by atoms with Crippen LogP contribution in [-0.4, -0.2) is 40.2 Å². The van der Waals surface area contributed by atoms with Gasteiger partial charge in [0, 0.05) is 32.4 Å². The van der Waals surface area contributed by atoms with Gasteiger partial charge in [-0.1, -0.05) is 339 Å². The van der Waals surface area contributed by atoms with E-state index in [4.69, 9.17) is 0 Å². The average molecular weight is 1120 g/mol. The lowest BCUT2D eigenvalue weighted by molar-refractivity contribution is -0.0327. The van der Waals surface area contributed by atoms with Crippen molar-refractivity contribution in [1.82, 2.24) is 4.44 Å². The van der Waals surface area contributed by atoms with Gasteiger partial charge in [-0.05, 0) is 47.6 Å². The third-order valence-electron chi connectivity index (χ3n) is 16.4. The van der Waals surface area contributed by atoms with E-state index in [-0.39, 0.29) is 17.8 Å². The average Bonchev–Trinajstić information content (AvgIpc) is 3.41. The summed E-state index contributed by atoms with van der Waals surface area (Å²) in [7, 11) is -8.04. The lowest BCUT2D eigenvalue weighted by Crippen LogP contribution is -2.48. The Morgan fingerprint density at radius 1 is 0.392 bits per heavy atom. The van der Waals surface area contributed by atoms with E-state index in [1.807, 2.05) is 12.1 Å². The highest BCUT2D eigenvalue weighted by molar-refractivity contribution is 8.01. The second kappa shape index (κ2) is 33.8. The molecule has 0 fully saturated rings. The van der Waals surface area contributed by atoms with Gasteiger partial charge in [0.05, 0.1) is 24.2 Å². The Labute approximate surface area is 463 Å². The Hall–Kier alpha value is -1.51. The predicted octanol–water partition coefficient (Wildman–Crippen LogP) is 19.6. The highest BCUT2D eigenvalue weighted by Crippen LogP contribution is 2.57. The first-order valence-corrected chi connectivity index (χ1v) is 41.5. The Kier molecular flexibility index (Phi) is 29.7. The van der Waals surface area contributed by atoms with Crippen LogP contribution in [-0.2, 0) is 0 Å². The summed E-state index contributed by atoms with van der Waals surface area (Å²) < 4.78 is 47.2. The molecular weight excluding hydrogens is 1020 g/mol. The summed E-state index contributed by atoms with van der Waals surface area (Å²) in [6.07, 6.45) is 22.5. The Morgan fingerprint density at radius 3 is 0.892 bits per heavy atom. The minimum absolute atomic E-state index is 0.0431. The third kappa shape index (κ3) is 18.5. The third-order valence-corrected chi connectivity index (χ3v) is 39.9. The highest BCUT2D eigenvalue weighted by Gasteiger charge is 2.41. The van der Waals surface area contributed by atoms with Gasteiger partial charge in [-0.3, -0.25) is 0 Å². The summed E-state index contributed by atoms with van der Waals surface area (Å²) in [5.74, 6) is 0. The van der Waals surface area contributed by atoms with Crippen molar-refractivity contribution in [3.05, 3.63) is 97.1 Å². The maximum Gasteiger partial charge on any atom is 0.446 e. The van der Waals surface area contributed by atoms with Crippen LogP contribution in [0.1, 0.15) is 192 Å².